The van der Waals surface area contributed by atoms with Crippen LogP contribution in [0.1, 0.15) is 34.0 Å². The van der Waals surface area contributed by atoms with E-state index in [9.17, 15) is 13.2 Å². The molecular formula is C22H22N4O3S. The van der Waals surface area contributed by atoms with Crippen molar-refractivity contribution in [3.8, 4) is 0 Å². The molecule has 1 heterocycles. The summed E-state index contributed by atoms with van der Waals surface area (Å²) in [5, 5.41) is 4.07. The van der Waals surface area contributed by atoms with Crippen LogP contribution in [0.2, 0.25) is 0 Å². The summed E-state index contributed by atoms with van der Waals surface area (Å²) in [6, 6.07) is 14.8. The number of rotatable bonds is 6. The smallest absolute Gasteiger partial charge is 0.271 e. The molecule has 2 aromatic carbocycles. The minimum Gasteiger partial charge on any atom is -0.279 e. The molecule has 2 N–H and O–H groups in total. The van der Waals surface area contributed by atoms with Crippen molar-refractivity contribution in [1.82, 2.24) is 10.4 Å². The second-order valence-corrected chi connectivity index (χ2v) is 8.51. The fourth-order valence-electron chi connectivity index (χ4n) is 2.79. The van der Waals surface area contributed by atoms with Gasteiger partial charge in [-0.2, -0.15) is 5.10 Å². The van der Waals surface area contributed by atoms with Crippen LogP contribution in [0, 0.1) is 13.8 Å². The van der Waals surface area contributed by atoms with Gasteiger partial charge in [0, 0.05) is 23.5 Å². The molecule has 0 spiro atoms. The van der Waals surface area contributed by atoms with E-state index in [4.69, 9.17) is 0 Å². The van der Waals surface area contributed by atoms with Crippen molar-refractivity contribution in [3.63, 3.8) is 0 Å². The molecule has 3 aromatic rings. The topological polar surface area (TPSA) is 101 Å². The average molecular weight is 423 g/mol. The Bertz CT molecular complexity index is 1210. The molecule has 0 bridgehead atoms. The van der Waals surface area contributed by atoms with Crippen LogP contribution in [0.5, 0.6) is 0 Å². The van der Waals surface area contributed by atoms with Gasteiger partial charge in [0.05, 0.1) is 16.3 Å². The van der Waals surface area contributed by atoms with Gasteiger partial charge < -0.3 is 0 Å². The molecule has 1 aromatic heterocycles. The molecule has 7 nitrogen and oxygen atoms in total. The Kier molecular flexibility index (Phi) is 6.27. The minimum absolute atomic E-state index is 0.00930. The zero-order valence-electron chi connectivity index (χ0n) is 16.9. The number of anilines is 1. The highest BCUT2D eigenvalue weighted by Gasteiger charge is 2.17. The fraction of sp³-hybridized carbons (Fsp3) is 0.136. The SMILES string of the molecule is C/C(=N/NC(=O)c1cccc(S(=O)(=O)Nc2ccc(C)cc2C)c1)c1ccncc1. The Labute approximate surface area is 175 Å². The second-order valence-electron chi connectivity index (χ2n) is 6.83. The fourth-order valence-corrected chi connectivity index (χ4v) is 3.97. The van der Waals surface area contributed by atoms with Crippen molar-refractivity contribution in [2.45, 2.75) is 25.7 Å². The van der Waals surface area contributed by atoms with Crippen molar-refractivity contribution in [2.75, 3.05) is 4.72 Å². The molecule has 0 aliphatic heterocycles. The van der Waals surface area contributed by atoms with E-state index in [0.29, 0.717) is 11.4 Å². The first kappa shape index (κ1) is 21.2. The number of benzene rings is 2. The zero-order valence-corrected chi connectivity index (χ0v) is 17.7. The van der Waals surface area contributed by atoms with Crippen molar-refractivity contribution in [1.29, 1.82) is 0 Å². The molecule has 0 fully saturated rings. The third-order valence-electron chi connectivity index (χ3n) is 4.46. The Morgan fingerprint density at radius 3 is 2.40 bits per heavy atom. The molecule has 30 heavy (non-hydrogen) atoms. The van der Waals surface area contributed by atoms with Crippen molar-refractivity contribution >= 4 is 27.3 Å². The zero-order chi connectivity index (χ0) is 21.7. The van der Waals surface area contributed by atoms with Gasteiger partial charge in [-0.25, -0.2) is 13.8 Å². The normalized spacial score (nSPS) is 11.8. The Morgan fingerprint density at radius 2 is 1.70 bits per heavy atom. The van der Waals surface area contributed by atoms with Crippen LogP contribution in [0.15, 0.2) is 77.0 Å². The minimum atomic E-state index is -3.85. The maximum Gasteiger partial charge on any atom is 0.271 e. The van der Waals surface area contributed by atoms with E-state index in [2.05, 4.69) is 20.2 Å². The summed E-state index contributed by atoms with van der Waals surface area (Å²) in [6.07, 6.45) is 3.26. The van der Waals surface area contributed by atoms with Gasteiger partial charge in [0.2, 0.25) is 0 Å². The maximum absolute atomic E-state index is 12.8. The number of aryl methyl sites for hydroxylation is 2. The largest absolute Gasteiger partial charge is 0.279 e. The third-order valence-corrected chi connectivity index (χ3v) is 5.82. The first-order chi connectivity index (χ1) is 14.3. The number of amides is 1. The van der Waals surface area contributed by atoms with Gasteiger partial charge in [-0.3, -0.25) is 14.5 Å². The van der Waals surface area contributed by atoms with E-state index in [0.717, 1.165) is 16.7 Å². The van der Waals surface area contributed by atoms with Crippen LogP contribution < -0.4 is 10.1 Å². The lowest BCUT2D eigenvalue weighted by atomic mass is 10.1. The first-order valence-corrected chi connectivity index (χ1v) is 10.7. The standard InChI is InChI=1S/C22H22N4O3S/c1-15-7-8-21(16(2)13-15)26-30(28,29)20-6-4-5-19(14-20)22(27)25-24-17(3)18-9-11-23-12-10-18/h4-14,26H,1-3H3,(H,25,27)/b24-17-. The predicted molar refractivity (Wildman–Crippen MR) is 117 cm³/mol. The second kappa shape index (κ2) is 8.87. The number of hydrogen-bond acceptors (Lipinski definition) is 5. The quantitative estimate of drug-likeness (QED) is 0.468. The van der Waals surface area contributed by atoms with Crippen LogP contribution >= 0.6 is 0 Å². The number of pyridine rings is 1. The number of nitrogens with zero attached hydrogens (tertiary/aromatic N) is 2. The van der Waals surface area contributed by atoms with Gasteiger partial charge in [-0.15, -0.1) is 0 Å². The molecule has 154 valence electrons. The summed E-state index contributed by atoms with van der Waals surface area (Å²) >= 11 is 0. The molecule has 0 radical (unpaired) electrons. The molecule has 1 amide bonds. The summed E-state index contributed by atoms with van der Waals surface area (Å²) in [5.74, 6) is -0.507. The molecule has 0 saturated carbocycles. The number of nitrogens with one attached hydrogen (secondary N) is 2. The summed E-state index contributed by atoms with van der Waals surface area (Å²) in [6.45, 7) is 5.52. The molecule has 0 atom stereocenters. The Hall–Kier alpha value is -3.52. The van der Waals surface area contributed by atoms with Gasteiger partial charge in [0.15, 0.2) is 0 Å². The summed E-state index contributed by atoms with van der Waals surface area (Å²) in [5.41, 5.74) is 6.41. The van der Waals surface area contributed by atoms with Crippen molar-refractivity contribution in [2.24, 2.45) is 5.10 Å². The highest BCUT2D eigenvalue weighted by Crippen LogP contribution is 2.21. The number of carbonyl (C=O) groups excluding carboxylic acids is 1. The van der Waals surface area contributed by atoms with E-state index >= 15 is 0 Å². The summed E-state index contributed by atoms with van der Waals surface area (Å²) in [4.78, 5) is 16.4. The predicted octanol–water partition coefficient (Wildman–Crippen LogP) is 3.65. The molecule has 0 aliphatic carbocycles. The molecule has 0 aliphatic rings. The van der Waals surface area contributed by atoms with Crippen LogP contribution in [-0.4, -0.2) is 25.0 Å². The highest BCUT2D eigenvalue weighted by molar-refractivity contribution is 7.92. The van der Waals surface area contributed by atoms with Crippen LogP contribution in [0.3, 0.4) is 0 Å². The van der Waals surface area contributed by atoms with Gasteiger partial charge >= 0.3 is 0 Å². The molecular weight excluding hydrogens is 400 g/mol. The third kappa shape index (κ3) is 5.09. The van der Waals surface area contributed by atoms with Gasteiger partial charge in [-0.1, -0.05) is 23.8 Å². The number of aromatic nitrogens is 1. The van der Waals surface area contributed by atoms with Crippen LogP contribution in [0.4, 0.5) is 5.69 Å². The first-order valence-electron chi connectivity index (χ1n) is 9.21. The van der Waals surface area contributed by atoms with E-state index in [1.54, 1.807) is 37.5 Å². The Balaban J connectivity index is 1.78. The highest BCUT2D eigenvalue weighted by atomic mass is 32.2. The number of carbonyl (C=O) groups is 1. The number of hydrogen-bond donors (Lipinski definition) is 2. The van der Waals surface area contributed by atoms with E-state index in [-0.39, 0.29) is 10.5 Å². The van der Waals surface area contributed by atoms with E-state index < -0.39 is 15.9 Å². The summed E-state index contributed by atoms with van der Waals surface area (Å²) in [7, 11) is -3.85. The van der Waals surface area contributed by atoms with Crippen molar-refractivity contribution in [3.05, 3.63) is 89.2 Å². The Morgan fingerprint density at radius 1 is 0.967 bits per heavy atom. The van der Waals surface area contributed by atoms with Gasteiger partial charge in [-0.05, 0) is 62.7 Å². The maximum atomic E-state index is 12.8. The van der Waals surface area contributed by atoms with Gasteiger partial charge in [0.25, 0.3) is 15.9 Å². The van der Waals surface area contributed by atoms with Crippen LogP contribution in [0.25, 0.3) is 0 Å². The van der Waals surface area contributed by atoms with Gasteiger partial charge in [0.1, 0.15) is 0 Å². The lowest BCUT2D eigenvalue weighted by Crippen LogP contribution is -2.20. The number of hydrazone groups is 1. The van der Waals surface area contributed by atoms with E-state index in [1.807, 2.05) is 26.0 Å². The average Bonchev–Trinajstić information content (AvgIpc) is 2.74. The molecule has 0 unspecified atom stereocenters. The lowest BCUT2D eigenvalue weighted by molar-refractivity contribution is 0.0954. The molecule has 0 saturated heterocycles. The van der Waals surface area contributed by atoms with Crippen LogP contribution in [-0.2, 0) is 10.0 Å². The van der Waals surface area contributed by atoms with Crippen molar-refractivity contribution < 1.29 is 13.2 Å². The lowest BCUT2D eigenvalue weighted by Gasteiger charge is -2.12. The number of sulfonamides is 1. The molecule has 8 heteroatoms. The van der Waals surface area contributed by atoms with E-state index in [1.165, 1.54) is 24.3 Å². The summed E-state index contributed by atoms with van der Waals surface area (Å²) < 4.78 is 28.2. The monoisotopic (exact) mass is 422 g/mol. The molecule has 3 rings (SSSR count).